The summed E-state index contributed by atoms with van der Waals surface area (Å²) >= 11 is 0. The van der Waals surface area contributed by atoms with Crippen molar-refractivity contribution in [1.82, 2.24) is 5.32 Å². The minimum Gasteiger partial charge on any atom is -0.480 e. The Bertz CT molecular complexity index is 340. The van der Waals surface area contributed by atoms with E-state index in [1.54, 1.807) is 7.11 Å². The van der Waals surface area contributed by atoms with Gasteiger partial charge in [-0.1, -0.05) is 37.3 Å². The topological polar surface area (TPSA) is 58.6 Å². The van der Waals surface area contributed by atoms with Crippen LogP contribution in [0, 0.1) is 0 Å². The summed E-state index contributed by atoms with van der Waals surface area (Å²) in [7, 11) is 1.60. The maximum Gasteiger partial charge on any atom is 0.321 e. The molecule has 1 rings (SSSR count). The van der Waals surface area contributed by atoms with Crippen molar-refractivity contribution in [2.45, 2.75) is 18.9 Å². The summed E-state index contributed by atoms with van der Waals surface area (Å²) in [5.74, 6) is -0.914. The molecule has 1 aromatic carbocycles. The molecule has 0 aromatic heterocycles. The second-order valence-corrected chi connectivity index (χ2v) is 3.96. The molecule has 0 saturated carbocycles. The molecule has 0 aliphatic rings. The maximum absolute atomic E-state index is 11.2. The summed E-state index contributed by atoms with van der Waals surface area (Å²) in [6.45, 7) is 2.95. The Morgan fingerprint density at radius 2 is 2.06 bits per heavy atom. The van der Waals surface area contributed by atoms with E-state index < -0.39 is 12.0 Å². The number of benzene rings is 1. The Morgan fingerprint density at radius 3 is 2.59 bits per heavy atom. The van der Waals surface area contributed by atoms with Crippen molar-refractivity contribution in [3.63, 3.8) is 0 Å². The van der Waals surface area contributed by atoms with E-state index in [9.17, 15) is 9.90 Å². The number of carboxylic acid groups (broad SMARTS) is 1. The number of methoxy groups -OCH3 is 1. The Kier molecular flexibility index (Phi) is 5.66. The second-order valence-electron chi connectivity index (χ2n) is 3.96. The van der Waals surface area contributed by atoms with Crippen LogP contribution in [0.25, 0.3) is 0 Å². The van der Waals surface area contributed by atoms with Gasteiger partial charge in [-0.15, -0.1) is 0 Å². The third-order valence-electron chi connectivity index (χ3n) is 2.76. The predicted octanol–water partition coefficient (Wildman–Crippen LogP) is 1.48. The molecule has 0 aliphatic carbocycles. The molecule has 0 heterocycles. The normalized spacial score (nSPS) is 14.2. The van der Waals surface area contributed by atoms with E-state index in [1.807, 2.05) is 37.3 Å². The van der Waals surface area contributed by atoms with Gasteiger partial charge in [-0.3, -0.25) is 4.79 Å². The fourth-order valence-corrected chi connectivity index (χ4v) is 1.74. The van der Waals surface area contributed by atoms with Crippen molar-refractivity contribution in [3.8, 4) is 0 Å². The largest absolute Gasteiger partial charge is 0.480 e. The quantitative estimate of drug-likeness (QED) is 0.705. The number of rotatable bonds is 7. The first-order valence-corrected chi connectivity index (χ1v) is 5.67. The highest BCUT2D eigenvalue weighted by molar-refractivity contribution is 5.74. The molecule has 1 aromatic rings. The summed E-state index contributed by atoms with van der Waals surface area (Å²) in [6, 6.07) is 9.05. The van der Waals surface area contributed by atoms with Gasteiger partial charge in [0.15, 0.2) is 0 Å². The molecule has 2 atom stereocenters. The molecular formula is C13H19NO3. The van der Waals surface area contributed by atoms with Gasteiger partial charge in [0, 0.05) is 19.6 Å². The molecule has 0 radical (unpaired) electrons. The third-order valence-corrected chi connectivity index (χ3v) is 2.76. The van der Waals surface area contributed by atoms with Gasteiger partial charge >= 0.3 is 5.97 Å². The smallest absolute Gasteiger partial charge is 0.321 e. The molecule has 4 heteroatoms. The Hall–Kier alpha value is -1.39. The Morgan fingerprint density at radius 1 is 1.41 bits per heavy atom. The van der Waals surface area contributed by atoms with Gasteiger partial charge in [0.1, 0.15) is 6.04 Å². The van der Waals surface area contributed by atoms with Gasteiger partial charge in [0.25, 0.3) is 0 Å². The van der Waals surface area contributed by atoms with Crippen molar-refractivity contribution in [2.75, 3.05) is 20.3 Å². The lowest BCUT2D eigenvalue weighted by molar-refractivity contribution is -0.140. The van der Waals surface area contributed by atoms with Crippen LogP contribution in [0.3, 0.4) is 0 Å². The van der Waals surface area contributed by atoms with Gasteiger partial charge in [-0.05, 0) is 5.56 Å². The van der Waals surface area contributed by atoms with E-state index in [0.29, 0.717) is 13.2 Å². The second kappa shape index (κ2) is 7.04. The van der Waals surface area contributed by atoms with Crippen LogP contribution < -0.4 is 5.32 Å². The van der Waals surface area contributed by atoms with E-state index in [0.717, 1.165) is 5.56 Å². The molecule has 0 saturated heterocycles. The van der Waals surface area contributed by atoms with Crippen molar-refractivity contribution in [3.05, 3.63) is 35.9 Å². The molecule has 17 heavy (non-hydrogen) atoms. The van der Waals surface area contributed by atoms with Crippen molar-refractivity contribution < 1.29 is 14.6 Å². The van der Waals surface area contributed by atoms with Crippen LogP contribution in [0.1, 0.15) is 18.4 Å². The van der Waals surface area contributed by atoms with E-state index in [-0.39, 0.29) is 5.92 Å². The third kappa shape index (κ3) is 4.17. The van der Waals surface area contributed by atoms with E-state index in [4.69, 9.17) is 4.74 Å². The SMILES string of the molecule is COCCNC(C(=O)O)C(C)c1ccccc1. The van der Waals surface area contributed by atoms with Crippen molar-refractivity contribution in [1.29, 1.82) is 0 Å². The van der Waals surface area contributed by atoms with Crippen LogP contribution in [0.5, 0.6) is 0 Å². The van der Waals surface area contributed by atoms with Crippen LogP contribution in [-0.2, 0) is 9.53 Å². The molecule has 0 aliphatic heterocycles. The van der Waals surface area contributed by atoms with Crippen LogP contribution in [-0.4, -0.2) is 37.4 Å². The lowest BCUT2D eigenvalue weighted by Gasteiger charge is -2.21. The highest BCUT2D eigenvalue weighted by Crippen LogP contribution is 2.18. The monoisotopic (exact) mass is 237 g/mol. The lowest BCUT2D eigenvalue weighted by atomic mass is 9.93. The van der Waals surface area contributed by atoms with Crippen molar-refractivity contribution in [2.24, 2.45) is 0 Å². The Labute approximate surface area is 102 Å². The van der Waals surface area contributed by atoms with Crippen LogP contribution in [0.15, 0.2) is 30.3 Å². The predicted molar refractivity (Wildman–Crippen MR) is 66.2 cm³/mol. The average molecular weight is 237 g/mol. The standard InChI is InChI=1S/C13H19NO3/c1-10(11-6-4-3-5-7-11)12(13(15)16)14-8-9-17-2/h3-7,10,12,14H,8-9H2,1-2H3,(H,15,16). The number of carbonyl (C=O) groups is 1. The minimum absolute atomic E-state index is 0.0782. The van der Waals surface area contributed by atoms with Gasteiger partial charge < -0.3 is 15.2 Å². The van der Waals surface area contributed by atoms with Gasteiger partial charge in [-0.2, -0.15) is 0 Å². The summed E-state index contributed by atoms with van der Waals surface area (Å²) in [4.78, 5) is 11.2. The van der Waals surface area contributed by atoms with Crippen LogP contribution in [0.4, 0.5) is 0 Å². The van der Waals surface area contributed by atoms with Gasteiger partial charge in [0.2, 0.25) is 0 Å². The zero-order valence-corrected chi connectivity index (χ0v) is 10.2. The molecular weight excluding hydrogens is 218 g/mol. The summed E-state index contributed by atoms with van der Waals surface area (Å²) < 4.78 is 4.90. The number of aliphatic carboxylic acids is 1. The first kappa shape index (κ1) is 13.7. The van der Waals surface area contributed by atoms with Crippen LogP contribution in [0.2, 0.25) is 0 Å². The Balaban J connectivity index is 2.67. The molecule has 94 valence electrons. The summed E-state index contributed by atoms with van der Waals surface area (Å²) in [6.07, 6.45) is 0. The van der Waals surface area contributed by atoms with E-state index in [2.05, 4.69) is 5.32 Å². The first-order valence-electron chi connectivity index (χ1n) is 5.67. The summed E-state index contributed by atoms with van der Waals surface area (Å²) in [5, 5.41) is 12.2. The highest BCUT2D eigenvalue weighted by atomic mass is 16.5. The zero-order valence-electron chi connectivity index (χ0n) is 10.2. The molecule has 0 spiro atoms. The zero-order chi connectivity index (χ0) is 12.7. The maximum atomic E-state index is 11.2. The molecule has 0 bridgehead atoms. The minimum atomic E-state index is -0.836. The molecule has 2 unspecified atom stereocenters. The number of hydrogen-bond acceptors (Lipinski definition) is 3. The number of hydrogen-bond donors (Lipinski definition) is 2. The number of carboxylic acids is 1. The molecule has 0 fully saturated rings. The number of nitrogens with one attached hydrogen (secondary N) is 1. The summed E-state index contributed by atoms with van der Waals surface area (Å²) in [5.41, 5.74) is 1.02. The first-order chi connectivity index (χ1) is 8.16. The van der Waals surface area contributed by atoms with E-state index in [1.165, 1.54) is 0 Å². The lowest BCUT2D eigenvalue weighted by Crippen LogP contribution is -2.42. The van der Waals surface area contributed by atoms with Gasteiger partial charge in [0.05, 0.1) is 6.61 Å². The average Bonchev–Trinajstić information content (AvgIpc) is 2.34. The fraction of sp³-hybridized carbons (Fsp3) is 0.462. The fourth-order valence-electron chi connectivity index (χ4n) is 1.74. The van der Waals surface area contributed by atoms with Crippen molar-refractivity contribution >= 4 is 5.97 Å². The molecule has 4 nitrogen and oxygen atoms in total. The van der Waals surface area contributed by atoms with E-state index >= 15 is 0 Å². The number of ether oxygens (including phenoxy) is 1. The molecule has 0 amide bonds. The molecule has 2 N–H and O–H groups in total. The van der Waals surface area contributed by atoms with Gasteiger partial charge in [-0.25, -0.2) is 0 Å². The van der Waals surface area contributed by atoms with Crippen LogP contribution >= 0.6 is 0 Å². The highest BCUT2D eigenvalue weighted by Gasteiger charge is 2.24.